The predicted octanol–water partition coefficient (Wildman–Crippen LogP) is 7.29. The van der Waals surface area contributed by atoms with E-state index in [0.717, 1.165) is 44.3 Å². The van der Waals surface area contributed by atoms with Crippen LogP contribution in [0.2, 0.25) is 5.02 Å². The van der Waals surface area contributed by atoms with Crippen molar-refractivity contribution in [3.63, 3.8) is 0 Å². The number of fused-ring (bicyclic) bond motifs is 2. The van der Waals surface area contributed by atoms with Crippen LogP contribution in [0.25, 0.3) is 27.3 Å². The van der Waals surface area contributed by atoms with Gasteiger partial charge in [0.2, 0.25) is 11.7 Å². The van der Waals surface area contributed by atoms with Crippen molar-refractivity contribution in [1.82, 2.24) is 34.0 Å². The summed E-state index contributed by atoms with van der Waals surface area (Å²) in [6.07, 6.45) is -3.09. The van der Waals surface area contributed by atoms with Crippen LogP contribution >= 0.6 is 22.9 Å². The molecule has 1 aliphatic heterocycles. The van der Waals surface area contributed by atoms with Crippen LogP contribution in [0.5, 0.6) is 5.75 Å². The number of amides is 2. The summed E-state index contributed by atoms with van der Waals surface area (Å²) in [6.45, 7) is 4.14. The van der Waals surface area contributed by atoms with Gasteiger partial charge in [-0.25, -0.2) is 9.97 Å². The van der Waals surface area contributed by atoms with Crippen molar-refractivity contribution in [3.05, 3.63) is 128 Å². The number of anilines is 2. The van der Waals surface area contributed by atoms with Crippen molar-refractivity contribution < 1.29 is 30.2 Å². The highest BCUT2D eigenvalue weighted by Crippen LogP contribution is 2.34. The summed E-state index contributed by atoms with van der Waals surface area (Å²) in [4.78, 5) is 58.9. The second-order valence-corrected chi connectivity index (χ2v) is 14.9. The predicted molar refractivity (Wildman–Crippen MR) is 218 cm³/mol. The SMILES string of the molecule is [2H]c1sc2ccc(-c3nc4n(CC(=O)Nc5ccc(C(F)(F)F)cc5Cl)c(CC)c(N5CCN(C(=O)c6ncnc(C)c6OCc6ccccc6)CC5)c(=O)n4n3)cc2c1[2H]. The van der Waals surface area contributed by atoms with Crippen molar-refractivity contribution in [2.45, 2.75) is 39.6 Å². The van der Waals surface area contributed by atoms with Crippen molar-refractivity contribution in [3.8, 4) is 17.1 Å². The molecule has 4 aromatic heterocycles. The Morgan fingerprint density at radius 2 is 1.81 bits per heavy atom. The molecule has 0 unspecified atom stereocenters. The number of carbonyl (C=O) groups excluding carboxylic acids is 2. The van der Waals surface area contributed by atoms with Crippen LogP contribution in [0, 0.1) is 6.92 Å². The van der Waals surface area contributed by atoms with Crippen LogP contribution < -0.4 is 20.5 Å². The Hall–Kier alpha value is -6.33. The first-order chi connectivity index (χ1) is 29.2. The van der Waals surface area contributed by atoms with Crippen molar-refractivity contribution in [2.75, 3.05) is 36.4 Å². The highest BCUT2D eigenvalue weighted by molar-refractivity contribution is 7.17. The summed E-state index contributed by atoms with van der Waals surface area (Å²) < 4.78 is 65.9. The Morgan fingerprint density at radius 1 is 1.03 bits per heavy atom. The van der Waals surface area contributed by atoms with E-state index in [9.17, 15) is 27.6 Å². The molecule has 302 valence electrons. The summed E-state index contributed by atoms with van der Waals surface area (Å²) >= 11 is 7.33. The molecular formula is C41H35ClF3N9O4S. The zero-order valence-electron chi connectivity index (χ0n) is 33.5. The van der Waals surface area contributed by atoms with E-state index in [4.69, 9.17) is 24.1 Å². The smallest absolute Gasteiger partial charge is 0.416 e. The van der Waals surface area contributed by atoms with Gasteiger partial charge in [-0.2, -0.15) is 22.7 Å². The number of nitrogens with one attached hydrogen (secondary N) is 1. The standard InChI is InChI=1S/C41H35ClF3N9O4S/c1-3-31-35(51-14-16-52(17-15-51)38(56)34-36(24(2)46-23-47-34)58-22-25-7-5-4-6-8-25)39(57)54-40(49-37(50-54)27-9-12-32-26(19-27)13-18-59-32)53(31)21-33(55)48-30-11-10-28(20-29(30)42)41(43,44)45/h4-13,18-20,23H,3,14-17,21-22H2,1-2H3,(H,48,55)/i13D,18D. The summed E-state index contributed by atoms with van der Waals surface area (Å²) in [5.74, 6) is -0.624. The monoisotopic (exact) mass is 843 g/mol. The number of halogens is 4. The molecule has 0 atom stereocenters. The van der Waals surface area contributed by atoms with Gasteiger partial charge >= 0.3 is 6.18 Å². The highest BCUT2D eigenvalue weighted by atomic mass is 35.5. The lowest BCUT2D eigenvalue weighted by Crippen LogP contribution is -2.51. The molecule has 8 rings (SSSR count). The maximum atomic E-state index is 14.5. The van der Waals surface area contributed by atoms with Crippen molar-refractivity contribution >= 4 is 62.0 Å². The molecule has 1 N–H and O–H groups in total. The molecule has 0 radical (unpaired) electrons. The van der Waals surface area contributed by atoms with E-state index in [1.54, 1.807) is 36.9 Å². The molecule has 2 amide bonds. The van der Waals surface area contributed by atoms with Crippen LogP contribution in [0.3, 0.4) is 0 Å². The van der Waals surface area contributed by atoms with E-state index in [-0.39, 0.29) is 96.0 Å². The lowest BCUT2D eigenvalue weighted by molar-refractivity contribution is -0.137. The number of thiophene rings is 1. The van der Waals surface area contributed by atoms with Gasteiger partial charge in [0.15, 0.2) is 17.3 Å². The normalized spacial score (nSPS) is 13.8. The van der Waals surface area contributed by atoms with E-state index >= 15 is 0 Å². The summed E-state index contributed by atoms with van der Waals surface area (Å²) in [6, 6.07) is 17.3. The van der Waals surface area contributed by atoms with E-state index < -0.39 is 29.8 Å². The summed E-state index contributed by atoms with van der Waals surface area (Å²) in [5.41, 5.74) is 1.08. The number of piperazine rings is 1. The molecular weight excluding hydrogens is 807 g/mol. The topological polar surface area (TPSA) is 140 Å². The molecule has 18 heteroatoms. The first-order valence-corrected chi connectivity index (χ1v) is 19.6. The first-order valence-electron chi connectivity index (χ1n) is 19.4. The molecule has 0 bridgehead atoms. The number of aryl methyl sites for hydroxylation is 1. The lowest BCUT2D eigenvalue weighted by Gasteiger charge is -2.36. The van der Waals surface area contributed by atoms with Crippen molar-refractivity contribution in [2.24, 2.45) is 0 Å². The van der Waals surface area contributed by atoms with E-state index in [2.05, 4.69) is 20.4 Å². The molecule has 1 aliphatic rings. The third-order valence-electron chi connectivity index (χ3n) is 9.91. The molecule has 3 aromatic carbocycles. The molecule has 59 heavy (non-hydrogen) atoms. The fourth-order valence-electron chi connectivity index (χ4n) is 6.97. The Bertz CT molecular complexity index is 2900. The maximum Gasteiger partial charge on any atom is 0.416 e. The van der Waals surface area contributed by atoms with Gasteiger partial charge in [-0.1, -0.05) is 48.9 Å². The average Bonchev–Trinajstić information content (AvgIpc) is 3.82. The summed E-state index contributed by atoms with van der Waals surface area (Å²) in [5, 5.41) is 7.46. The van der Waals surface area contributed by atoms with Gasteiger partial charge in [-0.3, -0.25) is 14.4 Å². The molecule has 0 aliphatic carbocycles. The first kappa shape index (κ1) is 37.0. The van der Waals surface area contributed by atoms with E-state index in [0.29, 0.717) is 22.3 Å². The molecule has 5 heterocycles. The van der Waals surface area contributed by atoms with Gasteiger partial charge in [-0.05, 0) is 72.1 Å². The van der Waals surface area contributed by atoms with Gasteiger partial charge in [0.05, 0.1) is 30.4 Å². The minimum Gasteiger partial charge on any atom is -0.485 e. The number of aromatic nitrogens is 6. The molecule has 0 spiro atoms. The van der Waals surface area contributed by atoms with E-state index in [1.807, 2.05) is 35.2 Å². The molecule has 0 saturated carbocycles. The molecule has 1 saturated heterocycles. The fourth-order valence-corrected chi connectivity index (χ4v) is 7.82. The molecule has 1 fully saturated rings. The number of alkyl halides is 3. The van der Waals surface area contributed by atoms with Crippen LogP contribution in [-0.4, -0.2) is 72.0 Å². The number of rotatable bonds is 10. The zero-order chi connectivity index (χ0) is 43.2. The Morgan fingerprint density at radius 3 is 2.54 bits per heavy atom. The number of hydrogen-bond acceptors (Lipinski definition) is 10. The van der Waals surface area contributed by atoms with Crippen LogP contribution in [0.1, 0.15) is 42.7 Å². The largest absolute Gasteiger partial charge is 0.485 e. The number of carbonyl (C=O) groups is 2. The third kappa shape index (κ3) is 7.94. The van der Waals surface area contributed by atoms with Gasteiger partial charge < -0.3 is 24.4 Å². The number of benzene rings is 3. The average molecular weight is 844 g/mol. The maximum absolute atomic E-state index is 14.5. The highest BCUT2D eigenvalue weighted by Gasteiger charge is 2.33. The number of nitrogens with zero attached hydrogens (tertiary/aromatic N) is 8. The Balaban J connectivity index is 1.12. The van der Waals surface area contributed by atoms with Gasteiger partial charge in [-0.15, -0.1) is 16.4 Å². The van der Waals surface area contributed by atoms with Crippen molar-refractivity contribution in [1.29, 1.82) is 0 Å². The van der Waals surface area contributed by atoms with Crippen LogP contribution in [0.15, 0.2) is 89.3 Å². The van der Waals surface area contributed by atoms with Gasteiger partial charge in [0, 0.05) is 36.4 Å². The number of hydrogen-bond donors (Lipinski definition) is 1. The van der Waals surface area contributed by atoms with Crippen LogP contribution in [-0.2, 0) is 30.5 Å². The van der Waals surface area contributed by atoms with E-state index in [1.165, 1.54) is 10.9 Å². The Kier molecular flexibility index (Phi) is 10.1. The van der Waals surface area contributed by atoms with Gasteiger partial charge in [0.25, 0.3) is 11.5 Å². The van der Waals surface area contributed by atoms with Gasteiger partial charge in [0.1, 0.15) is 25.2 Å². The summed E-state index contributed by atoms with van der Waals surface area (Å²) in [7, 11) is 0. The number of ether oxygens (including phenoxy) is 1. The quantitative estimate of drug-likeness (QED) is 0.150. The fraction of sp³-hybridized carbons (Fsp3) is 0.244. The minimum atomic E-state index is -4.64. The molecule has 7 aromatic rings. The minimum absolute atomic E-state index is 0.0166. The lowest BCUT2D eigenvalue weighted by atomic mass is 10.1. The zero-order valence-corrected chi connectivity index (χ0v) is 33.1. The second kappa shape index (κ2) is 16.1. The van der Waals surface area contributed by atoms with Crippen LogP contribution in [0.4, 0.5) is 24.5 Å². The molecule has 13 nitrogen and oxygen atoms in total. The third-order valence-corrected chi connectivity index (χ3v) is 11.0. The Labute approximate surface area is 346 Å². The second-order valence-electron chi connectivity index (χ2n) is 13.7.